The van der Waals surface area contributed by atoms with E-state index in [4.69, 9.17) is 5.11 Å². The van der Waals surface area contributed by atoms with Crippen molar-refractivity contribution in [1.29, 1.82) is 0 Å². The number of aliphatic hydroxyl groups is 1. The molecule has 0 saturated carbocycles. The highest BCUT2D eigenvalue weighted by molar-refractivity contribution is 9.10. The smallest absolute Gasteiger partial charge is 0.265 e. The van der Waals surface area contributed by atoms with Crippen molar-refractivity contribution in [3.05, 3.63) is 27.5 Å². The van der Waals surface area contributed by atoms with Crippen molar-refractivity contribution in [1.82, 2.24) is 4.98 Å². The molecule has 0 fully saturated rings. The number of hydrogen-bond donors (Lipinski definition) is 1. The lowest BCUT2D eigenvalue weighted by Gasteiger charge is -2.09. The van der Waals surface area contributed by atoms with Gasteiger partial charge in [-0.25, -0.2) is 8.78 Å². The first-order valence-corrected chi connectivity index (χ1v) is 5.64. The van der Waals surface area contributed by atoms with Crippen molar-refractivity contribution in [3.63, 3.8) is 0 Å². The third kappa shape index (κ3) is 2.49. The van der Waals surface area contributed by atoms with Gasteiger partial charge in [-0.15, -0.1) is 0 Å². The molecule has 1 N–H and O–H groups in total. The van der Waals surface area contributed by atoms with E-state index in [1.807, 2.05) is 0 Å². The fourth-order valence-electron chi connectivity index (χ4n) is 0.993. The van der Waals surface area contributed by atoms with Crippen molar-refractivity contribution in [2.45, 2.75) is 18.4 Å². The summed E-state index contributed by atoms with van der Waals surface area (Å²) in [6, 6.07) is 1.29. The van der Waals surface area contributed by atoms with E-state index in [9.17, 15) is 8.78 Å². The molecule has 6 heteroatoms. The molecule has 0 aromatic carbocycles. The van der Waals surface area contributed by atoms with Crippen LogP contribution in [0.3, 0.4) is 0 Å². The molecular formula is C8H7Br2F2NO. The van der Waals surface area contributed by atoms with Crippen LogP contribution < -0.4 is 0 Å². The molecule has 0 saturated heterocycles. The number of alkyl halides is 3. The van der Waals surface area contributed by atoms with Crippen molar-refractivity contribution >= 4 is 31.9 Å². The lowest BCUT2D eigenvalue weighted by atomic mass is 10.2. The molecule has 0 bridgehead atoms. The molecule has 0 amide bonds. The second kappa shape index (κ2) is 5.14. The van der Waals surface area contributed by atoms with Crippen LogP contribution in [0.1, 0.15) is 23.4 Å². The van der Waals surface area contributed by atoms with Gasteiger partial charge in [0.1, 0.15) is 0 Å². The van der Waals surface area contributed by atoms with Crippen LogP contribution in [0.4, 0.5) is 8.78 Å². The van der Waals surface area contributed by atoms with Gasteiger partial charge in [-0.2, -0.15) is 0 Å². The van der Waals surface area contributed by atoms with Gasteiger partial charge in [-0.05, 0) is 22.0 Å². The fraction of sp³-hybridized carbons (Fsp3) is 0.375. The summed E-state index contributed by atoms with van der Waals surface area (Å²) in [4.78, 5) is 3.91. The number of halogens is 4. The lowest BCUT2D eigenvalue weighted by molar-refractivity contribution is 0.146. The molecule has 1 rings (SSSR count). The number of rotatable bonds is 3. The molecule has 1 aromatic heterocycles. The minimum Gasteiger partial charge on any atom is -0.390 e. The highest BCUT2D eigenvalue weighted by atomic mass is 79.9. The molecular weight excluding hydrogens is 324 g/mol. The zero-order valence-corrected chi connectivity index (χ0v) is 10.1. The molecule has 1 heterocycles. The summed E-state index contributed by atoms with van der Waals surface area (Å²) in [5.41, 5.74) is 0.389. The Balaban J connectivity index is 3.24. The number of aromatic nitrogens is 1. The normalized spacial score (nSPS) is 11.0. The summed E-state index contributed by atoms with van der Waals surface area (Å²) >= 11 is 6.30. The molecule has 0 spiro atoms. The second-order valence-corrected chi connectivity index (χ2v) is 3.96. The SMILES string of the molecule is OCc1nc(CBr)c(Br)cc1C(F)F. The van der Waals surface area contributed by atoms with Crippen molar-refractivity contribution in [2.75, 3.05) is 0 Å². The van der Waals surface area contributed by atoms with Crippen LogP contribution in [-0.2, 0) is 11.9 Å². The van der Waals surface area contributed by atoms with Crippen molar-refractivity contribution in [2.24, 2.45) is 0 Å². The van der Waals surface area contributed by atoms with Crippen LogP contribution in [0.15, 0.2) is 10.5 Å². The van der Waals surface area contributed by atoms with Crippen LogP contribution in [0.5, 0.6) is 0 Å². The highest BCUT2D eigenvalue weighted by Crippen LogP contribution is 2.27. The Morgan fingerprint density at radius 2 is 2.07 bits per heavy atom. The topological polar surface area (TPSA) is 33.1 Å². The minimum atomic E-state index is -2.62. The second-order valence-electron chi connectivity index (χ2n) is 2.55. The minimum absolute atomic E-state index is 0.0256. The van der Waals surface area contributed by atoms with E-state index in [1.54, 1.807) is 0 Å². The lowest BCUT2D eigenvalue weighted by Crippen LogP contribution is -2.02. The van der Waals surface area contributed by atoms with Gasteiger partial charge in [-0.3, -0.25) is 4.98 Å². The molecule has 78 valence electrons. The Morgan fingerprint density at radius 3 is 2.50 bits per heavy atom. The summed E-state index contributed by atoms with van der Waals surface area (Å²) in [5.74, 6) is 0. The predicted octanol–water partition coefficient (Wildman–Crippen LogP) is 3.17. The molecule has 0 aliphatic heterocycles. The zero-order chi connectivity index (χ0) is 10.7. The van der Waals surface area contributed by atoms with Crippen LogP contribution in [0.25, 0.3) is 0 Å². The zero-order valence-electron chi connectivity index (χ0n) is 6.98. The number of pyridine rings is 1. The van der Waals surface area contributed by atoms with Gasteiger partial charge in [0.05, 0.1) is 18.0 Å². The quantitative estimate of drug-likeness (QED) is 0.863. The third-order valence-corrected chi connectivity index (χ3v) is 2.89. The summed E-state index contributed by atoms with van der Waals surface area (Å²) in [7, 11) is 0. The fourth-order valence-corrected chi connectivity index (χ4v) is 2.27. The molecule has 0 unspecified atom stereocenters. The Labute approximate surface area is 96.6 Å². The van der Waals surface area contributed by atoms with Gasteiger partial charge in [0.2, 0.25) is 0 Å². The largest absolute Gasteiger partial charge is 0.390 e. The molecule has 14 heavy (non-hydrogen) atoms. The average molecular weight is 331 g/mol. The van der Waals surface area contributed by atoms with E-state index in [0.29, 0.717) is 15.5 Å². The molecule has 0 radical (unpaired) electrons. The first kappa shape index (κ1) is 12.0. The first-order valence-electron chi connectivity index (χ1n) is 3.73. The van der Waals surface area contributed by atoms with E-state index >= 15 is 0 Å². The van der Waals surface area contributed by atoms with Crippen LogP contribution in [-0.4, -0.2) is 10.1 Å². The summed E-state index contributed by atoms with van der Waals surface area (Å²) < 4.78 is 25.4. The summed E-state index contributed by atoms with van der Waals surface area (Å²) in [5, 5.41) is 9.30. The molecule has 0 aliphatic carbocycles. The number of nitrogens with zero attached hydrogens (tertiary/aromatic N) is 1. The van der Waals surface area contributed by atoms with Gasteiger partial charge < -0.3 is 5.11 Å². The van der Waals surface area contributed by atoms with E-state index in [-0.39, 0.29) is 11.3 Å². The van der Waals surface area contributed by atoms with E-state index in [0.717, 1.165) is 0 Å². The van der Waals surface area contributed by atoms with Gasteiger partial charge >= 0.3 is 0 Å². The summed E-state index contributed by atoms with van der Waals surface area (Å²) in [6.07, 6.45) is -2.62. The van der Waals surface area contributed by atoms with Crippen molar-refractivity contribution in [3.8, 4) is 0 Å². The van der Waals surface area contributed by atoms with E-state index in [2.05, 4.69) is 36.8 Å². The Kier molecular flexibility index (Phi) is 4.40. The Bertz CT molecular complexity index is 333. The molecule has 2 nitrogen and oxygen atoms in total. The van der Waals surface area contributed by atoms with Crippen LogP contribution in [0.2, 0.25) is 0 Å². The van der Waals surface area contributed by atoms with Crippen LogP contribution in [0, 0.1) is 0 Å². The maximum atomic E-state index is 12.4. The first-order chi connectivity index (χ1) is 6.60. The average Bonchev–Trinajstić information content (AvgIpc) is 2.17. The van der Waals surface area contributed by atoms with Gasteiger partial charge in [0.15, 0.2) is 0 Å². The van der Waals surface area contributed by atoms with Gasteiger partial charge in [-0.1, -0.05) is 15.9 Å². The Hall–Kier alpha value is -0.0700. The maximum absolute atomic E-state index is 12.4. The molecule has 0 aliphatic rings. The maximum Gasteiger partial charge on any atom is 0.265 e. The number of hydrogen-bond acceptors (Lipinski definition) is 2. The standard InChI is InChI=1S/C8H7Br2F2NO/c9-2-6-5(10)1-4(8(11)12)7(3-14)13-6/h1,8,14H,2-3H2. The summed E-state index contributed by atoms with van der Waals surface area (Å²) in [6.45, 7) is -0.479. The highest BCUT2D eigenvalue weighted by Gasteiger charge is 2.16. The van der Waals surface area contributed by atoms with Gasteiger partial charge in [0, 0.05) is 15.4 Å². The monoisotopic (exact) mass is 329 g/mol. The molecule has 0 atom stereocenters. The molecule has 1 aromatic rings. The van der Waals surface area contributed by atoms with E-state index in [1.165, 1.54) is 6.07 Å². The van der Waals surface area contributed by atoms with Gasteiger partial charge in [0.25, 0.3) is 6.43 Å². The number of aliphatic hydroxyl groups excluding tert-OH is 1. The van der Waals surface area contributed by atoms with E-state index < -0.39 is 13.0 Å². The Morgan fingerprint density at radius 1 is 1.43 bits per heavy atom. The predicted molar refractivity (Wildman–Crippen MR) is 55.4 cm³/mol. The van der Waals surface area contributed by atoms with Crippen LogP contribution >= 0.6 is 31.9 Å². The van der Waals surface area contributed by atoms with Crippen molar-refractivity contribution < 1.29 is 13.9 Å². The third-order valence-electron chi connectivity index (χ3n) is 1.67.